The summed E-state index contributed by atoms with van der Waals surface area (Å²) in [6.07, 6.45) is -3.34. The number of fused-ring (bicyclic) bond motifs is 1. The zero-order valence-electron chi connectivity index (χ0n) is 14.9. The van der Waals surface area contributed by atoms with Crippen molar-refractivity contribution in [2.45, 2.75) is 26.1 Å². The highest BCUT2D eigenvalue weighted by Gasteiger charge is 2.37. The van der Waals surface area contributed by atoms with Gasteiger partial charge >= 0.3 is 12.1 Å². The zero-order chi connectivity index (χ0) is 19.9. The molecule has 28 heavy (non-hydrogen) atoms. The van der Waals surface area contributed by atoms with Crippen molar-refractivity contribution in [2.24, 2.45) is 0 Å². The van der Waals surface area contributed by atoms with Crippen molar-refractivity contribution in [1.29, 1.82) is 0 Å². The van der Waals surface area contributed by atoms with Gasteiger partial charge in [0.25, 0.3) is 5.91 Å². The van der Waals surface area contributed by atoms with Gasteiger partial charge in [0.05, 0.1) is 29.4 Å². The fourth-order valence-corrected chi connectivity index (χ4v) is 3.23. The Kier molecular flexibility index (Phi) is 6.34. The van der Waals surface area contributed by atoms with E-state index in [2.05, 4.69) is 5.10 Å². The molecule has 0 spiro atoms. The highest BCUT2D eigenvalue weighted by molar-refractivity contribution is 7.59. The van der Waals surface area contributed by atoms with Crippen LogP contribution in [0, 0.1) is 0 Å². The van der Waals surface area contributed by atoms with Crippen molar-refractivity contribution >= 4 is 42.7 Å². The lowest BCUT2D eigenvalue weighted by Gasteiger charge is -2.32. The number of alkyl halides is 3. The second-order valence-electron chi connectivity index (χ2n) is 6.00. The number of aromatic nitrogens is 2. The predicted octanol–water partition coefficient (Wildman–Crippen LogP) is 4.07. The SMILES string of the molecule is CCOC(=O)c1cnn2c1C(=O)N(c1ccc(C(F)(F)F)c(Cl)c1)C[C@@H]2C.S. The smallest absolute Gasteiger partial charge is 0.417 e. The number of esters is 1. The second kappa shape index (κ2) is 8.04. The van der Waals surface area contributed by atoms with Gasteiger partial charge in [-0.1, -0.05) is 11.6 Å². The van der Waals surface area contributed by atoms with E-state index >= 15 is 0 Å². The maximum atomic E-state index is 12.9. The van der Waals surface area contributed by atoms with Gasteiger partial charge < -0.3 is 9.64 Å². The Morgan fingerprint density at radius 1 is 1.39 bits per heavy atom. The molecule has 0 fully saturated rings. The summed E-state index contributed by atoms with van der Waals surface area (Å²) in [5.41, 5.74) is -0.741. The van der Waals surface area contributed by atoms with Crippen molar-refractivity contribution in [3.05, 3.63) is 46.2 Å². The summed E-state index contributed by atoms with van der Waals surface area (Å²) in [5, 5.41) is 3.57. The van der Waals surface area contributed by atoms with Gasteiger partial charge in [-0.15, -0.1) is 0 Å². The average Bonchev–Trinajstić information content (AvgIpc) is 3.03. The minimum atomic E-state index is -4.59. The van der Waals surface area contributed by atoms with Crippen molar-refractivity contribution in [2.75, 3.05) is 18.1 Å². The molecule has 152 valence electrons. The fraction of sp³-hybridized carbons (Fsp3) is 0.353. The average molecular weight is 436 g/mol. The highest BCUT2D eigenvalue weighted by atomic mass is 35.5. The number of halogens is 4. The number of hydrogen-bond acceptors (Lipinski definition) is 4. The molecule has 11 heteroatoms. The first kappa shape index (κ1) is 22.1. The van der Waals surface area contributed by atoms with Crippen LogP contribution in [0.4, 0.5) is 18.9 Å². The molecule has 2 heterocycles. The third kappa shape index (κ3) is 3.83. The summed E-state index contributed by atoms with van der Waals surface area (Å²) >= 11 is 5.77. The summed E-state index contributed by atoms with van der Waals surface area (Å²) < 4.78 is 45.1. The van der Waals surface area contributed by atoms with Crippen LogP contribution in [0.5, 0.6) is 0 Å². The van der Waals surface area contributed by atoms with E-state index in [9.17, 15) is 22.8 Å². The van der Waals surface area contributed by atoms with Gasteiger partial charge in [-0.2, -0.15) is 31.8 Å². The molecular formula is C17H17ClF3N3O3S. The van der Waals surface area contributed by atoms with E-state index in [1.807, 2.05) is 0 Å². The largest absolute Gasteiger partial charge is 0.462 e. The Balaban J connectivity index is 0.00000280. The molecule has 0 saturated carbocycles. The predicted molar refractivity (Wildman–Crippen MR) is 101 cm³/mol. The second-order valence-corrected chi connectivity index (χ2v) is 6.41. The number of rotatable bonds is 3. The van der Waals surface area contributed by atoms with Crippen molar-refractivity contribution in [3.8, 4) is 0 Å². The molecule has 1 atom stereocenters. The number of anilines is 1. The van der Waals surface area contributed by atoms with Gasteiger partial charge in [0.2, 0.25) is 0 Å². The molecule has 0 radical (unpaired) electrons. The molecule has 6 nitrogen and oxygen atoms in total. The first-order chi connectivity index (χ1) is 12.6. The first-order valence-corrected chi connectivity index (χ1v) is 8.46. The van der Waals surface area contributed by atoms with Crippen molar-refractivity contribution in [3.63, 3.8) is 0 Å². The summed E-state index contributed by atoms with van der Waals surface area (Å²) in [6, 6.07) is 2.79. The Hall–Kier alpha value is -2.20. The van der Waals surface area contributed by atoms with E-state index < -0.39 is 28.6 Å². The number of hydrogen-bond donors (Lipinski definition) is 0. The van der Waals surface area contributed by atoms with Crippen LogP contribution < -0.4 is 4.90 Å². The van der Waals surface area contributed by atoms with E-state index in [-0.39, 0.29) is 49.6 Å². The molecule has 1 aliphatic rings. The molecule has 0 bridgehead atoms. The Labute approximate surface area is 170 Å². The van der Waals surface area contributed by atoms with E-state index in [0.29, 0.717) is 0 Å². The Bertz CT molecular complexity index is 917. The molecule has 1 aliphatic heterocycles. The summed E-state index contributed by atoms with van der Waals surface area (Å²) in [6.45, 7) is 3.70. The minimum Gasteiger partial charge on any atom is -0.462 e. The summed E-state index contributed by atoms with van der Waals surface area (Å²) in [7, 11) is 0. The molecule has 3 rings (SSSR count). The lowest BCUT2D eigenvalue weighted by Crippen LogP contribution is -2.43. The van der Waals surface area contributed by atoms with Crippen molar-refractivity contribution < 1.29 is 27.5 Å². The normalized spacial score (nSPS) is 16.4. The number of nitrogens with zero attached hydrogens (tertiary/aromatic N) is 3. The van der Waals surface area contributed by atoms with E-state index in [0.717, 1.165) is 12.1 Å². The lowest BCUT2D eigenvalue weighted by molar-refractivity contribution is -0.137. The molecule has 0 saturated heterocycles. The van der Waals surface area contributed by atoms with Gasteiger partial charge in [-0.05, 0) is 32.0 Å². The van der Waals surface area contributed by atoms with E-state index in [1.165, 1.54) is 21.8 Å². The van der Waals surface area contributed by atoms with Gasteiger partial charge in [-0.3, -0.25) is 9.48 Å². The van der Waals surface area contributed by atoms with Crippen LogP contribution >= 0.6 is 25.1 Å². The summed E-state index contributed by atoms with van der Waals surface area (Å²) in [5.74, 6) is -1.25. The quantitative estimate of drug-likeness (QED) is 0.682. The van der Waals surface area contributed by atoms with E-state index in [1.54, 1.807) is 13.8 Å². The first-order valence-electron chi connectivity index (χ1n) is 8.08. The van der Waals surface area contributed by atoms with Crippen LogP contribution in [-0.4, -0.2) is 34.8 Å². The highest BCUT2D eigenvalue weighted by Crippen LogP contribution is 2.37. The van der Waals surface area contributed by atoms with Crippen LogP contribution in [0.25, 0.3) is 0 Å². The zero-order valence-corrected chi connectivity index (χ0v) is 16.6. The van der Waals surface area contributed by atoms with Crippen LogP contribution in [0.15, 0.2) is 24.4 Å². The monoisotopic (exact) mass is 435 g/mol. The van der Waals surface area contributed by atoms with Gasteiger partial charge in [0, 0.05) is 12.2 Å². The maximum absolute atomic E-state index is 12.9. The number of carbonyl (C=O) groups excluding carboxylic acids is 2. The number of amides is 1. The van der Waals surface area contributed by atoms with Crippen LogP contribution in [0.3, 0.4) is 0 Å². The molecular weight excluding hydrogens is 419 g/mol. The molecule has 0 aliphatic carbocycles. The lowest BCUT2D eigenvalue weighted by atomic mass is 10.1. The summed E-state index contributed by atoms with van der Waals surface area (Å²) in [4.78, 5) is 26.3. The molecule has 2 aromatic rings. The van der Waals surface area contributed by atoms with Crippen LogP contribution in [0.2, 0.25) is 5.02 Å². The number of benzene rings is 1. The molecule has 1 aromatic carbocycles. The van der Waals surface area contributed by atoms with Gasteiger partial charge in [0.1, 0.15) is 11.3 Å². The minimum absolute atomic E-state index is 0. The molecule has 0 unspecified atom stereocenters. The third-order valence-electron chi connectivity index (χ3n) is 4.17. The third-order valence-corrected chi connectivity index (χ3v) is 4.49. The molecule has 1 amide bonds. The molecule has 0 N–H and O–H groups in total. The van der Waals surface area contributed by atoms with Gasteiger partial charge in [-0.25, -0.2) is 4.79 Å². The standard InChI is InChI=1S/C17H15ClF3N3O3.H2S/c1-3-27-16(26)11-7-22-24-9(2)8-23(15(25)14(11)24)10-4-5-12(13(18)6-10)17(19,20)21;/h4-7,9H,3,8H2,1-2H3;1H2/t9-;/m0./s1. The Morgan fingerprint density at radius 3 is 2.64 bits per heavy atom. The topological polar surface area (TPSA) is 64.4 Å². The van der Waals surface area contributed by atoms with Gasteiger partial charge in [0.15, 0.2) is 0 Å². The van der Waals surface area contributed by atoms with E-state index in [4.69, 9.17) is 16.3 Å². The maximum Gasteiger partial charge on any atom is 0.417 e. The Morgan fingerprint density at radius 2 is 2.07 bits per heavy atom. The van der Waals surface area contributed by atoms with Crippen LogP contribution in [0.1, 0.15) is 46.3 Å². The fourth-order valence-electron chi connectivity index (χ4n) is 2.94. The number of carbonyl (C=O) groups is 2. The number of ether oxygens (including phenoxy) is 1. The van der Waals surface area contributed by atoms with Crippen molar-refractivity contribution in [1.82, 2.24) is 9.78 Å². The molecule has 1 aromatic heterocycles. The van der Waals surface area contributed by atoms with Crippen LogP contribution in [-0.2, 0) is 10.9 Å².